The molecular formula is C26H31N5O2S. The Labute approximate surface area is 205 Å². The zero-order valence-electron chi connectivity index (χ0n) is 20.1. The molecular weight excluding hydrogens is 446 g/mol. The molecule has 0 fully saturated rings. The van der Waals surface area contributed by atoms with E-state index in [4.69, 9.17) is 14.8 Å². The number of amides is 1. The van der Waals surface area contributed by atoms with Gasteiger partial charge in [0.25, 0.3) is 5.91 Å². The molecule has 8 heteroatoms. The number of fused-ring (bicyclic) bond motifs is 1. The third kappa shape index (κ3) is 4.97. The van der Waals surface area contributed by atoms with Gasteiger partial charge in [-0.3, -0.25) is 4.79 Å². The van der Waals surface area contributed by atoms with Crippen molar-refractivity contribution in [3.8, 4) is 5.75 Å². The van der Waals surface area contributed by atoms with Gasteiger partial charge in [0.15, 0.2) is 0 Å². The van der Waals surface area contributed by atoms with E-state index in [0.29, 0.717) is 23.3 Å². The molecule has 178 valence electrons. The van der Waals surface area contributed by atoms with Gasteiger partial charge in [0.05, 0.1) is 12.2 Å². The number of hydrogen-bond donors (Lipinski definition) is 2. The van der Waals surface area contributed by atoms with Crippen molar-refractivity contribution in [3.63, 3.8) is 0 Å². The summed E-state index contributed by atoms with van der Waals surface area (Å²) in [5, 5.41) is 11.9. The van der Waals surface area contributed by atoms with E-state index in [1.165, 1.54) is 0 Å². The molecule has 7 nitrogen and oxygen atoms in total. The van der Waals surface area contributed by atoms with Gasteiger partial charge in [0, 0.05) is 22.7 Å². The van der Waals surface area contributed by atoms with Crippen LogP contribution in [0.3, 0.4) is 0 Å². The highest BCUT2D eigenvalue weighted by molar-refractivity contribution is 7.99. The van der Waals surface area contributed by atoms with Crippen LogP contribution in [0.1, 0.15) is 50.8 Å². The first-order valence-electron chi connectivity index (χ1n) is 11.7. The molecule has 0 bridgehead atoms. The molecule has 0 saturated carbocycles. The van der Waals surface area contributed by atoms with Gasteiger partial charge >= 0.3 is 0 Å². The maximum absolute atomic E-state index is 13.7. The minimum atomic E-state index is -0.476. The number of ether oxygens (including phenoxy) is 1. The summed E-state index contributed by atoms with van der Waals surface area (Å²) in [6.07, 6.45) is 2.22. The summed E-state index contributed by atoms with van der Waals surface area (Å²) in [4.78, 5) is 18.4. The number of allylic oxidation sites excluding steroid dienone is 1. The van der Waals surface area contributed by atoms with Crippen LogP contribution in [-0.2, 0) is 4.79 Å². The number of rotatable bonds is 9. The summed E-state index contributed by atoms with van der Waals surface area (Å²) >= 11 is 1.63. The molecule has 2 heterocycles. The van der Waals surface area contributed by atoms with Gasteiger partial charge in [-0.2, -0.15) is 4.98 Å². The maximum Gasteiger partial charge on any atom is 0.255 e. The van der Waals surface area contributed by atoms with Crippen molar-refractivity contribution in [2.75, 3.05) is 23.0 Å². The highest BCUT2D eigenvalue weighted by Gasteiger charge is 2.36. The zero-order chi connectivity index (χ0) is 24.1. The number of nitrogens with zero attached hydrogens (tertiary/aromatic N) is 3. The smallest absolute Gasteiger partial charge is 0.255 e. The minimum absolute atomic E-state index is 0.183. The van der Waals surface area contributed by atoms with Gasteiger partial charge in [0.2, 0.25) is 11.1 Å². The van der Waals surface area contributed by atoms with Crippen LogP contribution in [0.5, 0.6) is 5.75 Å². The molecule has 0 saturated heterocycles. The summed E-state index contributed by atoms with van der Waals surface area (Å²) in [6, 6.07) is 15.1. The first-order chi connectivity index (χ1) is 16.5. The predicted octanol–water partition coefficient (Wildman–Crippen LogP) is 5.81. The third-order valence-corrected chi connectivity index (χ3v) is 6.64. The van der Waals surface area contributed by atoms with Crippen LogP contribution in [0.25, 0.3) is 0 Å². The highest BCUT2D eigenvalue weighted by atomic mass is 32.2. The van der Waals surface area contributed by atoms with Crippen LogP contribution in [0.2, 0.25) is 0 Å². The zero-order valence-corrected chi connectivity index (χ0v) is 20.9. The number of para-hydroxylation sites is 2. The minimum Gasteiger partial charge on any atom is -0.494 e. The van der Waals surface area contributed by atoms with Crippen LogP contribution in [-0.4, -0.2) is 33.0 Å². The number of hydrogen-bond acceptors (Lipinski definition) is 6. The molecule has 2 N–H and O–H groups in total. The first kappa shape index (κ1) is 23.9. The Hall–Kier alpha value is -3.26. The van der Waals surface area contributed by atoms with Crippen LogP contribution >= 0.6 is 11.8 Å². The summed E-state index contributed by atoms with van der Waals surface area (Å²) < 4.78 is 7.76. The van der Waals surface area contributed by atoms with Gasteiger partial charge in [-0.25, -0.2) is 4.68 Å². The van der Waals surface area contributed by atoms with E-state index in [9.17, 15) is 4.79 Å². The number of benzene rings is 2. The van der Waals surface area contributed by atoms with Gasteiger partial charge in [0.1, 0.15) is 11.8 Å². The van der Waals surface area contributed by atoms with E-state index in [-0.39, 0.29) is 5.91 Å². The number of unbranched alkanes of at least 4 members (excludes halogenated alkanes) is 1. The van der Waals surface area contributed by atoms with Crippen molar-refractivity contribution in [1.82, 2.24) is 14.8 Å². The number of thioether (sulfide) groups is 1. The van der Waals surface area contributed by atoms with Gasteiger partial charge < -0.3 is 15.4 Å². The molecule has 1 aliphatic heterocycles. The fourth-order valence-electron chi connectivity index (χ4n) is 3.98. The summed E-state index contributed by atoms with van der Waals surface area (Å²) in [5.41, 5.74) is 3.98. The highest BCUT2D eigenvalue weighted by Crippen LogP contribution is 2.40. The second-order valence-corrected chi connectivity index (χ2v) is 9.23. The Kier molecular flexibility index (Phi) is 7.57. The number of nitrogens with one attached hydrogen (secondary N) is 2. The van der Waals surface area contributed by atoms with Crippen molar-refractivity contribution in [2.45, 2.75) is 51.7 Å². The van der Waals surface area contributed by atoms with E-state index in [0.717, 1.165) is 46.9 Å². The van der Waals surface area contributed by atoms with Crippen LogP contribution in [0.4, 0.5) is 11.6 Å². The Morgan fingerprint density at radius 3 is 2.68 bits per heavy atom. The Morgan fingerprint density at radius 1 is 1.15 bits per heavy atom. The quantitative estimate of drug-likeness (QED) is 0.299. The molecule has 1 aliphatic rings. The number of aryl methyl sites for hydroxylation is 1. The molecule has 1 atom stereocenters. The summed E-state index contributed by atoms with van der Waals surface area (Å²) in [6.45, 7) is 8.53. The third-order valence-electron chi connectivity index (χ3n) is 5.71. The SMILES string of the molecule is CCCCSc1nc2n(n1)C(c1ccccc1OCC)C(C(=O)Nc1ccccc1C)=C(C)N2. The maximum atomic E-state index is 13.7. The summed E-state index contributed by atoms with van der Waals surface area (Å²) in [7, 11) is 0. The van der Waals surface area contributed by atoms with E-state index >= 15 is 0 Å². The van der Waals surface area contributed by atoms with Crippen molar-refractivity contribution >= 4 is 29.3 Å². The van der Waals surface area contributed by atoms with Gasteiger partial charge in [-0.05, 0) is 44.9 Å². The van der Waals surface area contributed by atoms with E-state index in [2.05, 4.69) is 17.6 Å². The molecule has 4 rings (SSSR count). The Morgan fingerprint density at radius 2 is 1.91 bits per heavy atom. The lowest BCUT2D eigenvalue weighted by Crippen LogP contribution is -2.32. The molecule has 34 heavy (non-hydrogen) atoms. The molecule has 1 amide bonds. The average Bonchev–Trinajstić information content (AvgIpc) is 3.22. The van der Waals surface area contributed by atoms with Crippen molar-refractivity contribution < 1.29 is 9.53 Å². The lowest BCUT2D eigenvalue weighted by atomic mass is 9.94. The predicted molar refractivity (Wildman–Crippen MR) is 138 cm³/mol. The average molecular weight is 478 g/mol. The second-order valence-electron chi connectivity index (χ2n) is 8.17. The second kappa shape index (κ2) is 10.8. The molecule has 0 aliphatic carbocycles. The van der Waals surface area contributed by atoms with Crippen LogP contribution in [0.15, 0.2) is 65.0 Å². The topological polar surface area (TPSA) is 81.1 Å². The Bertz CT molecular complexity index is 1200. The molecule has 2 aromatic carbocycles. The molecule has 0 spiro atoms. The number of aromatic nitrogens is 3. The standard InChI is InChI=1S/C26H31N5O2S/c1-5-7-16-34-26-29-25-27-18(4)22(24(32)28-20-14-10-8-12-17(20)3)23(31(25)30-26)19-13-9-11-15-21(19)33-6-2/h8-15,23H,5-7,16H2,1-4H3,(H,28,32)(H,27,29,30). The van der Waals surface area contributed by atoms with Gasteiger partial charge in [-0.15, -0.1) is 5.10 Å². The monoisotopic (exact) mass is 477 g/mol. The van der Waals surface area contributed by atoms with E-state index in [1.54, 1.807) is 11.8 Å². The van der Waals surface area contributed by atoms with Crippen molar-refractivity contribution in [3.05, 3.63) is 70.9 Å². The van der Waals surface area contributed by atoms with Crippen molar-refractivity contribution in [2.24, 2.45) is 0 Å². The van der Waals surface area contributed by atoms with Crippen LogP contribution in [0, 0.1) is 6.92 Å². The number of carbonyl (C=O) groups excluding carboxylic acids is 1. The largest absolute Gasteiger partial charge is 0.494 e. The molecule has 3 aromatic rings. The first-order valence-corrected chi connectivity index (χ1v) is 12.7. The Balaban J connectivity index is 1.78. The fourth-order valence-corrected chi connectivity index (χ4v) is 4.89. The number of carbonyl (C=O) groups is 1. The lowest BCUT2D eigenvalue weighted by molar-refractivity contribution is -0.113. The molecule has 1 unspecified atom stereocenters. The molecule has 1 aromatic heterocycles. The number of anilines is 2. The molecule has 0 radical (unpaired) electrons. The van der Waals surface area contributed by atoms with E-state index < -0.39 is 6.04 Å². The fraction of sp³-hybridized carbons (Fsp3) is 0.346. The van der Waals surface area contributed by atoms with Crippen molar-refractivity contribution in [1.29, 1.82) is 0 Å². The van der Waals surface area contributed by atoms with Crippen LogP contribution < -0.4 is 15.4 Å². The van der Waals surface area contributed by atoms with Gasteiger partial charge in [-0.1, -0.05) is 61.5 Å². The summed E-state index contributed by atoms with van der Waals surface area (Å²) in [5.74, 6) is 2.12. The van der Waals surface area contributed by atoms with E-state index in [1.807, 2.05) is 74.0 Å². The normalized spacial score (nSPS) is 15.0. The lowest BCUT2D eigenvalue weighted by Gasteiger charge is -2.29.